The molecule has 19 heavy (non-hydrogen) atoms. The van der Waals surface area contributed by atoms with Crippen molar-refractivity contribution in [3.63, 3.8) is 0 Å². The van der Waals surface area contributed by atoms with Gasteiger partial charge in [0.15, 0.2) is 5.82 Å². The van der Waals surface area contributed by atoms with Crippen molar-refractivity contribution >= 4 is 5.91 Å². The lowest BCUT2D eigenvalue weighted by molar-refractivity contribution is 0.0783. The normalized spacial score (nSPS) is 14.0. The van der Waals surface area contributed by atoms with Crippen molar-refractivity contribution < 1.29 is 9.32 Å². The summed E-state index contributed by atoms with van der Waals surface area (Å²) >= 11 is 0. The summed E-state index contributed by atoms with van der Waals surface area (Å²) in [6, 6.07) is 5.63. The Labute approximate surface area is 110 Å². The highest BCUT2D eigenvalue weighted by Gasteiger charge is 2.27. The molecule has 6 heteroatoms. The summed E-state index contributed by atoms with van der Waals surface area (Å²) in [4.78, 5) is 18.1. The molecule has 0 spiro atoms. The van der Waals surface area contributed by atoms with Crippen molar-refractivity contribution in [3.8, 4) is 11.5 Å². The van der Waals surface area contributed by atoms with E-state index in [-0.39, 0.29) is 5.91 Å². The number of aromatic nitrogens is 2. The lowest BCUT2D eigenvalue weighted by Crippen LogP contribution is -2.29. The van der Waals surface area contributed by atoms with E-state index in [1.807, 2.05) is 12.1 Å². The number of benzene rings is 1. The molecule has 0 saturated carbocycles. The van der Waals surface area contributed by atoms with Gasteiger partial charge >= 0.3 is 0 Å². The smallest absolute Gasteiger partial charge is 0.257 e. The van der Waals surface area contributed by atoms with E-state index in [0.29, 0.717) is 36.9 Å². The van der Waals surface area contributed by atoms with E-state index in [1.54, 1.807) is 17.9 Å². The van der Waals surface area contributed by atoms with Crippen LogP contribution in [0.3, 0.4) is 0 Å². The van der Waals surface area contributed by atoms with Gasteiger partial charge in [0.2, 0.25) is 0 Å². The minimum absolute atomic E-state index is 0.0125. The van der Waals surface area contributed by atoms with Gasteiger partial charge in [-0.05, 0) is 24.6 Å². The van der Waals surface area contributed by atoms with Gasteiger partial charge in [-0.3, -0.25) is 4.79 Å². The fourth-order valence-corrected chi connectivity index (χ4v) is 2.24. The van der Waals surface area contributed by atoms with Crippen LogP contribution in [0, 0.1) is 6.92 Å². The molecule has 1 aliphatic heterocycles. The van der Waals surface area contributed by atoms with Crippen molar-refractivity contribution in [2.75, 3.05) is 13.1 Å². The Morgan fingerprint density at radius 3 is 3.00 bits per heavy atom. The summed E-state index contributed by atoms with van der Waals surface area (Å²) in [5, 5.41) is 3.75. The van der Waals surface area contributed by atoms with Gasteiger partial charge in [-0.25, -0.2) is 0 Å². The van der Waals surface area contributed by atoms with Crippen LogP contribution in [0.25, 0.3) is 11.5 Å². The molecule has 3 rings (SSSR count). The second kappa shape index (κ2) is 4.47. The van der Waals surface area contributed by atoms with Crippen LogP contribution in [-0.2, 0) is 6.54 Å². The second-order valence-electron chi connectivity index (χ2n) is 4.53. The average molecular weight is 258 g/mol. The van der Waals surface area contributed by atoms with Crippen LogP contribution in [0.1, 0.15) is 21.7 Å². The monoisotopic (exact) mass is 258 g/mol. The van der Waals surface area contributed by atoms with Crippen molar-refractivity contribution in [2.24, 2.45) is 5.73 Å². The minimum atomic E-state index is 0.0125. The fraction of sp³-hybridized carbons (Fsp3) is 0.308. The first-order chi connectivity index (χ1) is 9.19. The highest BCUT2D eigenvalue weighted by molar-refractivity contribution is 5.99. The van der Waals surface area contributed by atoms with Gasteiger partial charge in [0.25, 0.3) is 11.8 Å². The molecule has 1 aromatic carbocycles. The summed E-state index contributed by atoms with van der Waals surface area (Å²) < 4.78 is 5.11. The lowest BCUT2D eigenvalue weighted by atomic mass is 10.1. The topological polar surface area (TPSA) is 85.2 Å². The van der Waals surface area contributed by atoms with Crippen LogP contribution in [0.4, 0.5) is 0 Å². The molecule has 2 aromatic rings. The molecule has 0 unspecified atom stereocenters. The first-order valence-corrected chi connectivity index (χ1v) is 6.12. The molecule has 0 radical (unpaired) electrons. The molecular formula is C13H14N4O2. The first-order valence-electron chi connectivity index (χ1n) is 6.12. The van der Waals surface area contributed by atoms with Gasteiger partial charge < -0.3 is 15.2 Å². The van der Waals surface area contributed by atoms with E-state index in [0.717, 1.165) is 11.1 Å². The number of nitrogens with two attached hydrogens (primary N) is 1. The standard InChI is InChI=1S/C13H14N4O2/c1-8-15-12(19-16-8)9-2-3-10-7-17(5-4-14)13(18)11(10)6-9/h2-3,6H,4-5,7,14H2,1H3. The Morgan fingerprint density at radius 2 is 2.32 bits per heavy atom. The van der Waals surface area contributed by atoms with Gasteiger partial charge in [0.1, 0.15) is 0 Å². The molecular weight excluding hydrogens is 244 g/mol. The number of hydrogen-bond acceptors (Lipinski definition) is 5. The van der Waals surface area contributed by atoms with Crippen molar-refractivity contribution in [1.29, 1.82) is 0 Å². The third kappa shape index (κ3) is 2.00. The predicted molar refractivity (Wildman–Crippen MR) is 68.3 cm³/mol. The van der Waals surface area contributed by atoms with Gasteiger partial charge in [-0.1, -0.05) is 11.2 Å². The molecule has 1 amide bonds. The third-order valence-corrected chi connectivity index (χ3v) is 3.16. The molecule has 0 saturated heterocycles. The van der Waals surface area contributed by atoms with Crippen molar-refractivity contribution in [1.82, 2.24) is 15.0 Å². The number of amides is 1. The van der Waals surface area contributed by atoms with Crippen LogP contribution in [0.15, 0.2) is 22.7 Å². The lowest BCUT2D eigenvalue weighted by Gasteiger charge is -2.13. The average Bonchev–Trinajstić information content (AvgIpc) is 2.96. The van der Waals surface area contributed by atoms with Gasteiger partial charge in [0.05, 0.1) is 0 Å². The summed E-state index contributed by atoms with van der Waals surface area (Å²) in [6.07, 6.45) is 0. The number of rotatable bonds is 3. The summed E-state index contributed by atoms with van der Waals surface area (Å²) in [5.41, 5.74) is 7.98. The number of hydrogen-bond donors (Lipinski definition) is 1. The number of carbonyl (C=O) groups is 1. The second-order valence-corrected chi connectivity index (χ2v) is 4.53. The zero-order valence-electron chi connectivity index (χ0n) is 10.6. The molecule has 98 valence electrons. The fourth-order valence-electron chi connectivity index (χ4n) is 2.24. The summed E-state index contributed by atoms with van der Waals surface area (Å²) in [6.45, 7) is 3.42. The van der Waals surface area contributed by atoms with Crippen molar-refractivity contribution in [3.05, 3.63) is 35.2 Å². The Hall–Kier alpha value is -2.21. The SMILES string of the molecule is Cc1noc(-c2ccc3c(c2)C(=O)N(CCN)C3)n1. The summed E-state index contributed by atoms with van der Waals surface area (Å²) in [5.74, 6) is 1.02. The van der Waals surface area contributed by atoms with Gasteiger partial charge in [0, 0.05) is 30.8 Å². The van der Waals surface area contributed by atoms with Gasteiger partial charge in [-0.15, -0.1) is 0 Å². The summed E-state index contributed by atoms with van der Waals surface area (Å²) in [7, 11) is 0. The maximum Gasteiger partial charge on any atom is 0.257 e. The maximum absolute atomic E-state index is 12.2. The Bertz CT molecular complexity index is 635. The molecule has 2 heterocycles. The third-order valence-electron chi connectivity index (χ3n) is 3.16. The van der Waals surface area contributed by atoms with E-state index in [9.17, 15) is 4.79 Å². The van der Waals surface area contributed by atoms with E-state index in [1.165, 1.54) is 0 Å². The van der Waals surface area contributed by atoms with Crippen LogP contribution in [0.2, 0.25) is 0 Å². The van der Waals surface area contributed by atoms with Crippen LogP contribution >= 0.6 is 0 Å². The van der Waals surface area contributed by atoms with Crippen LogP contribution in [-0.4, -0.2) is 34.0 Å². The molecule has 2 N–H and O–H groups in total. The quantitative estimate of drug-likeness (QED) is 0.886. The Balaban J connectivity index is 1.96. The Morgan fingerprint density at radius 1 is 1.47 bits per heavy atom. The molecule has 0 fully saturated rings. The zero-order valence-corrected chi connectivity index (χ0v) is 10.6. The maximum atomic E-state index is 12.2. The highest BCUT2D eigenvalue weighted by atomic mass is 16.5. The molecule has 6 nitrogen and oxygen atoms in total. The molecule has 1 aliphatic rings. The number of fused-ring (bicyclic) bond motifs is 1. The molecule has 0 atom stereocenters. The number of aryl methyl sites for hydroxylation is 1. The first kappa shape index (κ1) is 11.9. The molecule has 0 aliphatic carbocycles. The van der Waals surface area contributed by atoms with E-state index in [4.69, 9.17) is 10.3 Å². The molecule has 1 aromatic heterocycles. The Kier molecular flexibility index (Phi) is 2.79. The largest absolute Gasteiger partial charge is 0.334 e. The van der Waals surface area contributed by atoms with Crippen molar-refractivity contribution in [2.45, 2.75) is 13.5 Å². The number of nitrogens with zero attached hydrogens (tertiary/aromatic N) is 3. The predicted octanol–water partition coefficient (Wildman–Crippen LogP) is 0.960. The van der Waals surface area contributed by atoms with E-state index < -0.39 is 0 Å². The van der Waals surface area contributed by atoms with E-state index >= 15 is 0 Å². The molecule has 0 bridgehead atoms. The van der Waals surface area contributed by atoms with Crippen LogP contribution < -0.4 is 5.73 Å². The zero-order chi connectivity index (χ0) is 13.4. The van der Waals surface area contributed by atoms with Crippen LogP contribution in [0.5, 0.6) is 0 Å². The number of carbonyl (C=O) groups excluding carboxylic acids is 1. The van der Waals surface area contributed by atoms with Gasteiger partial charge in [-0.2, -0.15) is 4.98 Å². The highest BCUT2D eigenvalue weighted by Crippen LogP contribution is 2.27. The van der Waals surface area contributed by atoms with E-state index in [2.05, 4.69) is 10.1 Å². The minimum Gasteiger partial charge on any atom is -0.334 e.